The highest BCUT2D eigenvalue weighted by atomic mass is 127. The van der Waals surface area contributed by atoms with Gasteiger partial charge in [0.25, 0.3) is 3.91 Å². The molecular formula is C16H31IN2O3. The third-order valence-electron chi connectivity index (χ3n) is 3.04. The van der Waals surface area contributed by atoms with E-state index in [1.165, 1.54) is 0 Å². The van der Waals surface area contributed by atoms with Gasteiger partial charge in [0.15, 0.2) is 0 Å². The van der Waals surface area contributed by atoms with E-state index in [4.69, 9.17) is 4.74 Å². The van der Waals surface area contributed by atoms with E-state index in [2.05, 4.69) is 10.6 Å². The van der Waals surface area contributed by atoms with Crippen LogP contribution in [0.3, 0.4) is 0 Å². The number of carbonyl (C=O) groups excluding carboxylic acids is 2. The Morgan fingerprint density at radius 1 is 1.05 bits per heavy atom. The summed E-state index contributed by atoms with van der Waals surface area (Å²) >= 11 is 1.70. The first kappa shape index (κ1) is 21.6. The minimum atomic E-state index is -0.424. The monoisotopic (exact) mass is 426 g/mol. The van der Waals surface area contributed by atoms with Crippen LogP contribution in [0.4, 0.5) is 4.79 Å². The van der Waals surface area contributed by atoms with Crippen LogP contribution in [0.5, 0.6) is 0 Å². The van der Waals surface area contributed by atoms with E-state index in [1.807, 2.05) is 48.5 Å². The summed E-state index contributed by atoms with van der Waals surface area (Å²) in [4.78, 5) is 22.9. The molecule has 6 heteroatoms. The summed E-state index contributed by atoms with van der Waals surface area (Å²) in [6, 6.07) is 0. The molecule has 0 heterocycles. The Morgan fingerprint density at radius 3 is 2.05 bits per heavy atom. The second-order valence-corrected chi connectivity index (χ2v) is 9.13. The first-order chi connectivity index (χ1) is 9.72. The van der Waals surface area contributed by atoms with Crippen LogP contribution in [-0.2, 0) is 9.53 Å². The van der Waals surface area contributed by atoms with Crippen LogP contribution in [0.25, 0.3) is 0 Å². The zero-order valence-electron chi connectivity index (χ0n) is 14.9. The lowest BCUT2D eigenvalue weighted by molar-refractivity contribution is -0.124. The molecule has 2 N–H and O–H groups in total. The molecule has 0 rings (SSSR count). The third kappa shape index (κ3) is 12.2. The highest BCUT2D eigenvalue weighted by molar-refractivity contribution is 14.1. The molecule has 0 spiro atoms. The molecular weight excluding hydrogens is 395 g/mol. The van der Waals surface area contributed by atoms with Gasteiger partial charge in [-0.2, -0.15) is 0 Å². The molecule has 0 fully saturated rings. The van der Waals surface area contributed by atoms with Crippen molar-refractivity contribution in [3.63, 3.8) is 0 Å². The molecule has 2 amide bonds. The summed E-state index contributed by atoms with van der Waals surface area (Å²) in [6.07, 6.45) is 1.22. The summed E-state index contributed by atoms with van der Waals surface area (Å²) < 4.78 is 5.74. The van der Waals surface area contributed by atoms with Gasteiger partial charge in [0.05, 0.1) is 5.60 Å². The Bertz CT molecular complexity index is 387. The van der Waals surface area contributed by atoms with E-state index < -0.39 is 5.60 Å². The molecule has 0 saturated carbocycles. The minimum absolute atomic E-state index is 0.0176. The van der Waals surface area contributed by atoms with Gasteiger partial charge in [-0.3, -0.25) is 9.59 Å². The molecule has 0 aliphatic heterocycles. The topological polar surface area (TPSA) is 67.4 Å². The molecule has 0 unspecified atom stereocenters. The highest BCUT2D eigenvalue weighted by Gasteiger charge is 2.25. The van der Waals surface area contributed by atoms with Crippen LogP contribution in [0, 0.1) is 5.41 Å². The van der Waals surface area contributed by atoms with Crippen molar-refractivity contribution >= 4 is 32.4 Å². The van der Waals surface area contributed by atoms with Gasteiger partial charge in [-0.25, -0.2) is 0 Å². The van der Waals surface area contributed by atoms with Gasteiger partial charge < -0.3 is 15.4 Å². The van der Waals surface area contributed by atoms with Crippen LogP contribution in [0.1, 0.15) is 61.3 Å². The molecule has 0 aliphatic carbocycles. The zero-order valence-corrected chi connectivity index (χ0v) is 17.1. The van der Waals surface area contributed by atoms with Gasteiger partial charge in [0, 0.05) is 47.7 Å². The standard InChI is InChI=1S/C16H31IN2O3/c1-14(2,3)10-12(20)19-15(4,5)8-9-22-16(6,7)11-18-13(17)21/h8-11H2,1-7H3,(H,18,21)(H,19,20). The lowest BCUT2D eigenvalue weighted by atomic mass is 9.91. The number of halogens is 1. The van der Waals surface area contributed by atoms with Crippen molar-refractivity contribution in [1.29, 1.82) is 0 Å². The Hall–Kier alpha value is -0.370. The molecule has 0 aromatic heterocycles. The van der Waals surface area contributed by atoms with Gasteiger partial charge >= 0.3 is 0 Å². The number of hydrogen-bond donors (Lipinski definition) is 2. The van der Waals surface area contributed by atoms with Crippen molar-refractivity contribution in [1.82, 2.24) is 10.6 Å². The minimum Gasteiger partial charge on any atom is -0.374 e. The fraction of sp³-hybridized carbons (Fsp3) is 0.875. The van der Waals surface area contributed by atoms with Crippen molar-refractivity contribution < 1.29 is 14.3 Å². The van der Waals surface area contributed by atoms with Crippen molar-refractivity contribution in [2.75, 3.05) is 13.2 Å². The molecule has 22 heavy (non-hydrogen) atoms. The van der Waals surface area contributed by atoms with E-state index in [0.717, 1.165) is 0 Å². The van der Waals surface area contributed by atoms with Gasteiger partial charge in [0.1, 0.15) is 0 Å². The summed E-state index contributed by atoms with van der Waals surface area (Å²) in [5.41, 5.74) is -0.756. The Labute approximate surface area is 148 Å². The first-order valence-corrected chi connectivity index (χ1v) is 8.69. The normalized spacial score (nSPS) is 12.9. The van der Waals surface area contributed by atoms with Crippen LogP contribution < -0.4 is 10.6 Å². The van der Waals surface area contributed by atoms with Gasteiger partial charge in [-0.1, -0.05) is 20.8 Å². The van der Waals surface area contributed by atoms with Crippen LogP contribution in [0.2, 0.25) is 0 Å². The lowest BCUT2D eigenvalue weighted by Gasteiger charge is -2.31. The van der Waals surface area contributed by atoms with Crippen LogP contribution in [0.15, 0.2) is 0 Å². The average molecular weight is 426 g/mol. The SMILES string of the molecule is CC(C)(C)CC(=O)NC(C)(C)CCOC(C)(C)CNC(=O)I. The van der Waals surface area contributed by atoms with Gasteiger partial charge in [-0.05, 0) is 39.5 Å². The summed E-state index contributed by atoms with van der Waals surface area (Å²) in [7, 11) is 0. The molecule has 0 radical (unpaired) electrons. The lowest BCUT2D eigenvalue weighted by Crippen LogP contribution is -2.46. The Balaban J connectivity index is 4.21. The number of hydrogen-bond acceptors (Lipinski definition) is 3. The number of carbonyl (C=O) groups is 2. The number of rotatable bonds is 8. The molecule has 0 aromatic rings. The fourth-order valence-corrected chi connectivity index (χ4v) is 2.07. The summed E-state index contributed by atoms with van der Waals surface area (Å²) in [5.74, 6) is 0.0638. The molecule has 0 bridgehead atoms. The zero-order chi connectivity index (χ0) is 17.6. The first-order valence-electron chi connectivity index (χ1n) is 7.61. The Morgan fingerprint density at radius 2 is 1.59 bits per heavy atom. The Kier molecular flexibility index (Phi) is 8.33. The van der Waals surface area contributed by atoms with E-state index in [9.17, 15) is 9.59 Å². The number of amides is 2. The van der Waals surface area contributed by atoms with Crippen molar-refractivity contribution in [2.45, 2.75) is 72.4 Å². The quantitative estimate of drug-likeness (QED) is 0.354. The smallest absolute Gasteiger partial charge is 0.280 e. The predicted octanol–water partition coefficient (Wildman–Crippen LogP) is 3.65. The van der Waals surface area contributed by atoms with Crippen molar-refractivity contribution in [3.8, 4) is 0 Å². The molecule has 0 atom stereocenters. The second-order valence-electron chi connectivity index (χ2n) is 8.15. The summed E-state index contributed by atoms with van der Waals surface area (Å²) in [5, 5.41) is 5.80. The maximum Gasteiger partial charge on any atom is 0.280 e. The van der Waals surface area contributed by atoms with E-state index in [1.54, 1.807) is 22.6 Å². The predicted molar refractivity (Wildman–Crippen MR) is 98.4 cm³/mol. The largest absolute Gasteiger partial charge is 0.374 e. The molecule has 0 aliphatic rings. The van der Waals surface area contributed by atoms with Gasteiger partial charge in [0.2, 0.25) is 5.91 Å². The van der Waals surface area contributed by atoms with Gasteiger partial charge in [-0.15, -0.1) is 0 Å². The number of ether oxygens (including phenoxy) is 1. The maximum atomic E-state index is 12.0. The molecule has 0 aromatic carbocycles. The van der Waals surface area contributed by atoms with E-state index >= 15 is 0 Å². The third-order valence-corrected chi connectivity index (χ3v) is 3.42. The van der Waals surface area contributed by atoms with Crippen LogP contribution in [-0.4, -0.2) is 34.1 Å². The van der Waals surface area contributed by atoms with Crippen molar-refractivity contribution in [3.05, 3.63) is 0 Å². The molecule has 130 valence electrons. The molecule has 0 saturated heterocycles. The fourth-order valence-electron chi connectivity index (χ4n) is 1.88. The van der Waals surface area contributed by atoms with Crippen LogP contribution >= 0.6 is 22.6 Å². The van der Waals surface area contributed by atoms with E-state index in [-0.39, 0.29) is 20.8 Å². The molecule has 5 nitrogen and oxygen atoms in total. The average Bonchev–Trinajstić information content (AvgIpc) is 2.22. The highest BCUT2D eigenvalue weighted by Crippen LogP contribution is 2.20. The van der Waals surface area contributed by atoms with Crippen molar-refractivity contribution in [2.24, 2.45) is 5.41 Å². The second kappa shape index (κ2) is 8.47. The maximum absolute atomic E-state index is 12.0. The van der Waals surface area contributed by atoms with E-state index in [0.29, 0.717) is 26.0 Å². The number of nitrogens with one attached hydrogen (secondary N) is 2. The summed E-state index contributed by atoms with van der Waals surface area (Å²) in [6.45, 7) is 15.0.